The van der Waals surface area contributed by atoms with Crippen LogP contribution in [0, 0.1) is 5.92 Å². The van der Waals surface area contributed by atoms with E-state index in [1.165, 1.54) is 12.8 Å². The Labute approximate surface area is 120 Å². The molecule has 2 aliphatic heterocycles. The topological polar surface area (TPSA) is 82.2 Å². The number of amides is 1. The van der Waals surface area contributed by atoms with Crippen LogP contribution in [0.5, 0.6) is 0 Å². The lowest BCUT2D eigenvalue weighted by Gasteiger charge is -2.28. The summed E-state index contributed by atoms with van der Waals surface area (Å²) < 4.78 is 0. The van der Waals surface area contributed by atoms with E-state index in [0.29, 0.717) is 12.5 Å². The van der Waals surface area contributed by atoms with Gasteiger partial charge in [-0.25, -0.2) is 0 Å². The molecule has 6 heteroatoms. The smallest absolute Gasteiger partial charge is 0.233 e. The van der Waals surface area contributed by atoms with Crippen LogP contribution in [0.4, 0.5) is 0 Å². The van der Waals surface area contributed by atoms with Crippen LogP contribution in [0.2, 0.25) is 0 Å². The Bertz CT molecular complexity index is 372. The molecule has 0 bridgehead atoms. The Morgan fingerprint density at radius 2 is 2.15 bits per heavy atom. The van der Waals surface area contributed by atoms with Crippen LogP contribution in [0.25, 0.3) is 0 Å². The van der Waals surface area contributed by atoms with Crippen molar-refractivity contribution in [2.75, 3.05) is 26.2 Å². The van der Waals surface area contributed by atoms with Crippen LogP contribution in [-0.2, 0) is 4.79 Å². The fourth-order valence-electron chi connectivity index (χ4n) is 3.38. The summed E-state index contributed by atoms with van der Waals surface area (Å²) in [6, 6.07) is 0.496. The summed E-state index contributed by atoms with van der Waals surface area (Å²) in [4.78, 5) is 17.1. The lowest BCUT2D eigenvalue weighted by atomic mass is 10.0. The quantitative estimate of drug-likeness (QED) is 0.346. The summed E-state index contributed by atoms with van der Waals surface area (Å²) in [5.41, 5.74) is 5.70. The predicted octanol–water partition coefficient (Wildman–Crippen LogP) is 0.846. The van der Waals surface area contributed by atoms with Gasteiger partial charge in [-0.15, -0.1) is 0 Å². The summed E-state index contributed by atoms with van der Waals surface area (Å²) >= 11 is 0. The van der Waals surface area contributed by atoms with Crippen LogP contribution in [0.15, 0.2) is 5.16 Å². The summed E-state index contributed by atoms with van der Waals surface area (Å²) in [5.74, 6) is -0.404. The van der Waals surface area contributed by atoms with Crippen molar-refractivity contribution in [1.29, 1.82) is 0 Å². The van der Waals surface area contributed by atoms with Gasteiger partial charge < -0.3 is 15.8 Å². The molecule has 1 amide bonds. The number of amidine groups is 1. The average molecular weight is 282 g/mol. The Morgan fingerprint density at radius 1 is 1.40 bits per heavy atom. The number of nitrogens with zero attached hydrogens (tertiary/aromatic N) is 3. The summed E-state index contributed by atoms with van der Waals surface area (Å²) in [7, 11) is 0. The fraction of sp³-hybridized carbons (Fsp3) is 0.857. The van der Waals surface area contributed by atoms with E-state index in [1.807, 2.05) is 11.8 Å². The van der Waals surface area contributed by atoms with E-state index >= 15 is 0 Å². The fourth-order valence-corrected chi connectivity index (χ4v) is 3.38. The molecule has 0 aliphatic carbocycles. The van der Waals surface area contributed by atoms with Crippen LogP contribution >= 0.6 is 0 Å². The highest BCUT2D eigenvalue weighted by Crippen LogP contribution is 2.23. The summed E-state index contributed by atoms with van der Waals surface area (Å²) in [5, 5.41) is 11.9. The first kappa shape index (κ1) is 15.1. The van der Waals surface area contributed by atoms with Gasteiger partial charge in [0.1, 0.15) is 0 Å². The third kappa shape index (κ3) is 3.23. The van der Waals surface area contributed by atoms with Crippen LogP contribution in [-0.4, -0.2) is 59.0 Å². The van der Waals surface area contributed by atoms with Crippen molar-refractivity contribution in [1.82, 2.24) is 9.80 Å². The number of fused-ring (bicyclic) bond motifs is 1. The minimum Gasteiger partial charge on any atom is -0.409 e. The van der Waals surface area contributed by atoms with Crippen molar-refractivity contribution >= 4 is 11.7 Å². The number of carbonyl (C=O) groups is 1. The molecule has 0 saturated carbocycles. The number of oxime groups is 1. The first-order valence-corrected chi connectivity index (χ1v) is 7.67. The van der Waals surface area contributed by atoms with E-state index in [-0.39, 0.29) is 11.7 Å². The van der Waals surface area contributed by atoms with Gasteiger partial charge in [-0.2, -0.15) is 0 Å². The zero-order valence-corrected chi connectivity index (χ0v) is 12.3. The molecule has 2 fully saturated rings. The standard InChI is InChI=1S/C14H26N4O2/c1-2-5-12(13(15)16-20)14(19)18-9-4-8-17-7-3-6-11(17)10-18/h11-12,20H,2-10H2,1H3,(H2,15,16). The number of hydrogen-bond donors (Lipinski definition) is 2. The molecule has 3 N–H and O–H groups in total. The van der Waals surface area contributed by atoms with Gasteiger partial charge >= 0.3 is 0 Å². The molecule has 2 aliphatic rings. The average Bonchev–Trinajstić information content (AvgIpc) is 2.80. The number of nitrogens with two attached hydrogens (primary N) is 1. The van der Waals surface area contributed by atoms with E-state index < -0.39 is 5.92 Å². The van der Waals surface area contributed by atoms with Gasteiger partial charge in [0, 0.05) is 25.7 Å². The Balaban J connectivity index is 2.05. The molecular formula is C14H26N4O2. The van der Waals surface area contributed by atoms with Crippen molar-refractivity contribution < 1.29 is 10.0 Å². The summed E-state index contributed by atoms with van der Waals surface area (Å²) in [6.45, 7) is 5.82. The summed E-state index contributed by atoms with van der Waals surface area (Å²) in [6.07, 6.45) is 4.89. The third-order valence-electron chi connectivity index (χ3n) is 4.46. The number of carbonyl (C=O) groups excluding carboxylic acids is 1. The highest BCUT2D eigenvalue weighted by atomic mass is 16.4. The Morgan fingerprint density at radius 3 is 2.85 bits per heavy atom. The van der Waals surface area contributed by atoms with E-state index in [0.717, 1.165) is 39.0 Å². The van der Waals surface area contributed by atoms with Gasteiger partial charge in [0.15, 0.2) is 5.84 Å². The molecule has 2 rings (SSSR count). The van der Waals surface area contributed by atoms with Gasteiger partial charge in [0.05, 0.1) is 5.92 Å². The number of rotatable bonds is 4. The first-order chi connectivity index (χ1) is 9.67. The van der Waals surface area contributed by atoms with Gasteiger partial charge in [0.2, 0.25) is 5.91 Å². The monoisotopic (exact) mass is 282 g/mol. The zero-order valence-electron chi connectivity index (χ0n) is 12.3. The molecule has 6 nitrogen and oxygen atoms in total. The van der Waals surface area contributed by atoms with Crippen LogP contribution in [0.3, 0.4) is 0 Å². The Hall–Kier alpha value is -1.30. The van der Waals surface area contributed by atoms with Gasteiger partial charge in [-0.1, -0.05) is 18.5 Å². The van der Waals surface area contributed by atoms with Crippen molar-refractivity contribution in [3.05, 3.63) is 0 Å². The maximum absolute atomic E-state index is 12.7. The third-order valence-corrected chi connectivity index (χ3v) is 4.46. The van der Waals surface area contributed by atoms with Crippen molar-refractivity contribution in [2.45, 2.75) is 45.1 Å². The highest BCUT2D eigenvalue weighted by molar-refractivity contribution is 6.02. The highest BCUT2D eigenvalue weighted by Gasteiger charge is 2.34. The predicted molar refractivity (Wildman–Crippen MR) is 77.6 cm³/mol. The molecule has 2 saturated heterocycles. The molecule has 0 aromatic heterocycles. The number of hydrogen-bond acceptors (Lipinski definition) is 4. The molecule has 2 unspecified atom stereocenters. The largest absolute Gasteiger partial charge is 0.409 e. The minimum absolute atomic E-state index is 0.0240. The Kier molecular flexibility index (Phi) is 5.23. The molecule has 0 spiro atoms. The zero-order chi connectivity index (χ0) is 14.5. The van der Waals surface area contributed by atoms with Crippen molar-refractivity contribution in [2.24, 2.45) is 16.8 Å². The van der Waals surface area contributed by atoms with Crippen molar-refractivity contribution in [3.8, 4) is 0 Å². The minimum atomic E-state index is -0.474. The molecule has 0 aromatic carbocycles. The van der Waals surface area contributed by atoms with Gasteiger partial charge in [0.25, 0.3) is 0 Å². The second-order valence-electron chi connectivity index (χ2n) is 5.84. The molecular weight excluding hydrogens is 256 g/mol. The first-order valence-electron chi connectivity index (χ1n) is 7.67. The van der Waals surface area contributed by atoms with E-state index in [2.05, 4.69) is 10.1 Å². The molecule has 20 heavy (non-hydrogen) atoms. The maximum atomic E-state index is 12.7. The lowest BCUT2D eigenvalue weighted by Crippen LogP contribution is -2.45. The van der Waals surface area contributed by atoms with Gasteiger partial charge in [-0.05, 0) is 32.2 Å². The second kappa shape index (κ2) is 6.92. The van der Waals surface area contributed by atoms with E-state index in [9.17, 15) is 4.79 Å². The van der Waals surface area contributed by atoms with Gasteiger partial charge in [-0.3, -0.25) is 9.69 Å². The van der Waals surface area contributed by atoms with Crippen LogP contribution < -0.4 is 5.73 Å². The second-order valence-corrected chi connectivity index (χ2v) is 5.84. The normalized spacial score (nSPS) is 26.1. The molecule has 0 radical (unpaired) electrons. The van der Waals surface area contributed by atoms with Crippen molar-refractivity contribution in [3.63, 3.8) is 0 Å². The lowest BCUT2D eigenvalue weighted by molar-refractivity contribution is -0.133. The van der Waals surface area contributed by atoms with E-state index in [1.54, 1.807) is 0 Å². The molecule has 2 atom stereocenters. The molecule has 2 heterocycles. The molecule has 114 valence electrons. The van der Waals surface area contributed by atoms with Crippen LogP contribution in [0.1, 0.15) is 39.0 Å². The molecule has 0 aromatic rings. The maximum Gasteiger partial charge on any atom is 0.233 e. The van der Waals surface area contributed by atoms with E-state index in [4.69, 9.17) is 10.9 Å². The SMILES string of the molecule is CCCC(C(=O)N1CCCN2CCCC2C1)C(N)=NO.